The number of oxazole rings is 1. The van der Waals surface area contributed by atoms with Gasteiger partial charge in [0.15, 0.2) is 5.58 Å². The first-order chi connectivity index (χ1) is 26.3. The van der Waals surface area contributed by atoms with Gasteiger partial charge < -0.3 is 13.7 Å². The molecular formula is C45H28N2O2. The minimum absolute atomic E-state index is 0.161. The lowest BCUT2D eigenvalue weighted by Gasteiger charge is -2.26. The molecule has 10 aromatic rings. The summed E-state index contributed by atoms with van der Waals surface area (Å²) in [6.45, 7) is 0. The minimum Gasteiger partial charge on any atom is -0.456 e. The van der Waals surface area contributed by atoms with Gasteiger partial charge in [-0.25, -0.2) is 4.98 Å². The van der Waals surface area contributed by atoms with E-state index in [0.29, 0.717) is 11.5 Å². The number of rotatable bonds is 5. The van der Waals surface area contributed by atoms with E-state index in [0.717, 1.165) is 77.2 Å². The Morgan fingerprint density at radius 1 is 0.490 bits per heavy atom. The van der Waals surface area contributed by atoms with Gasteiger partial charge in [0.25, 0.3) is 0 Å². The van der Waals surface area contributed by atoms with Gasteiger partial charge in [-0.2, -0.15) is 0 Å². The van der Waals surface area contributed by atoms with Gasteiger partial charge in [-0.1, -0.05) is 103 Å². The molecule has 2 aromatic heterocycles. The zero-order chi connectivity index (χ0) is 36.7. The molecule has 0 N–H and O–H groups in total. The smallest absolute Gasteiger partial charge is 0.227 e. The molecule has 0 bridgehead atoms. The predicted octanol–water partition coefficient (Wildman–Crippen LogP) is 12.8. The van der Waals surface area contributed by atoms with E-state index in [-0.39, 0.29) is 29.7 Å². The summed E-state index contributed by atoms with van der Waals surface area (Å²) in [5, 5.41) is 6.04. The highest BCUT2D eigenvalue weighted by Crippen LogP contribution is 2.42. The van der Waals surface area contributed by atoms with E-state index < -0.39 is 6.04 Å². The van der Waals surface area contributed by atoms with Crippen LogP contribution in [0.4, 0.5) is 17.1 Å². The highest BCUT2D eigenvalue weighted by Gasteiger charge is 2.18. The van der Waals surface area contributed by atoms with Gasteiger partial charge in [0, 0.05) is 38.8 Å². The molecule has 4 nitrogen and oxygen atoms in total. The Morgan fingerprint density at radius 3 is 2.02 bits per heavy atom. The fraction of sp³-hybridized carbons (Fsp3) is 0. The van der Waals surface area contributed by atoms with Crippen LogP contribution in [-0.2, 0) is 0 Å². The molecule has 0 unspecified atom stereocenters. The molecule has 4 heteroatoms. The van der Waals surface area contributed by atoms with Crippen LogP contribution in [0.2, 0.25) is 0 Å². The summed E-state index contributed by atoms with van der Waals surface area (Å²) in [7, 11) is 0. The third-order valence-corrected chi connectivity index (χ3v) is 9.15. The lowest BCUT2D eigenvalue weighted by Crippen LogP contribution is -2.09. The monoisotopic (exact) mass is 633 g/mol. The van der Waals surface area contributed by atoms with Gasteiger partial charge in [0.05, 0.1) is 6.85 Å². The van der Waals surface area contributed by atoms with Crippen LogP contribution in [0.25, 0.3) is 77.2 Å². The van der Waals surface area contributed by atoms with E-state index in [9.17, 15) is 0 Å². The fourth-order valence-corrected chi connectivity index (χ4v) is 6.82. The highest BCUT2D eigenvalue weighted by molar-refractivity contribution is 6.19. The zero-order valence-corrected chi connectivity index (χ0v) is 26.0. The van der Waals surface area contributed by atoms with Gasteiger partial charge in [0.1, 0.15) is 16.7 Å². The molecule has 8 aromatic carbocycles. The van der Waals surface area contributed by atoms with Crippen LogP contribution in [0.1, 0.15) is 6.85 Å². The molecule has 230 valence electrons. The van der Waals surface area contributed by atoms with Crippen molar-refractivity contribution in [2.75, 3.05) is 4.90 Å². The molecule has 0 saturated carbocycles. The number of furan rings is 1. The van der Waals surface area contributed by atoms with Gasteiger partial charge in [-0.3, -0.25) is 0 Å². The minimum atomic E-state index is -0.415. The standard InChI is InChI=1S/C45H28N2O2/c1-3-9-29(10-4-1)30-17-21-34(22-18-30)47(36-24-26-42-39(28-36)37-13-7-8-14-41(37)48-42)35-23-19-31-15-16-32-20-25-40-44(43(32)38(31)27-35)49-45(46-40)33-11-5-2-6-12-33/h1-28H/i1D,3D,4D,9D,10D. The topological polar surface area (TPSA) is 42.4 Å². The van der Waals surface area contributed by atoms with Gasteiger partial charge >= 0.3 is 0 Å². The maximum Gasteiger partial charge on any atom is 0.227 e. The van der Waals surface area contributed by atoms with E-state index in [1.165, 1.54) is 0 Å². The number of anilines is 3. The summed E-state index contributed by atoms with van der Waals surface area (Å²) in [5.74, 6) is 0.563. The second-order valence-electron chi connectivity index (χ2n) is 12.0. The highest BCUT2D eigenvalue weighted by atomic mass is 16.3. The van der Waals surface area contributed by atoms with Crippen molar-refractivity contribution < 1.29 is 15.7 Å². The first-order valence-electron chi connectivity index (χ1n) is 18.5. The Hall–Kier alpha value is -6.65. The summed E-state index contributed by atoms with van der Waals surface area (Å²) in [5.41, 5.74) is 7.26. The van der Waals surface area contributed by atoms with Crippen molar-refractivity contribution in [3.63, 3.8) is 0 Å². The SMILES string of the molecule is [2H]c1c([2H])c([2H])c(-c2ccc(N(c3ccc4oc5ccccc5c4c3)c3ccc4ccc5ccc6nc(-c7ccccc7)oc6c5c4c3)cc2)c([2H])c1[2H]. The molecule has 2 heterocycles. The molecule has 0 spiro atoms. The zero-order valence-electron chi connectivity index (χ0n) is 31.0. The maximum atomic E-state index is 8.55. The average molecular weight is 634 g/mol. The Balaban J connectivity index is 1.19. The number of fused-ring (bicyclic) bond motifs is 8. The number of aromatic nitrogens is 1. The van der Waals surface area contributed by atoms with E-state index in [2.05, 4.69) is 53.4 Å². The normalized spacial score (nSPS) is 13.1. The quantitative estimate of drug-likeness (QED) is 0.177. The van der Waals surface area contributed by atoms with E-state index in [1.54, 1.807) is 0 Å². The number of nitrogens with zero attached hydrogens (tertiary/aromatic N) is 2. The van der Waals surface area contributed by atoms with Gasteiger partial charge in [-0.05, 0) is 94.0 Å². The van der Waals surface area contributed by atoms with Gasteiger partial charge in [-0.15, -0.1) is 0 Å². The number of hydrogen-bond acceptors (Lipinski definition) is 4. The molecule has 0 atom stereocenters. The maximum absolute atomic E-state index is 8.55. The van der Waals surface area contributed by atoms with Gasteiger partial charge in [0.2, 0.25) is 5.89 Å². The fourth-order valence-electron chi connectivity index (χ4n) is 6.82. The largest absolute Gasteiger partial charge is 0.456 e. The van der Waals surface area contributed by atoms with E-state index >= 15 is 0 Å². The van der Waals surface area contributed by atoms with Crippen molar-refractivity contribution >= 4 is 71.6 Å². The average Bonchev–Trinajstić information content (AvgIpc) is 3.82. The van der Waals surface area contributed by atoms with Crippen LogP contribution in [0.15, 0.2) is 179 Å². The van der Waals surface area contributed by atoms with Crippen LogP contribution >= 0.6 is 0 Å². The van der Waals surface area contributed by atoms with Crippen LogP contribution < -0.4 is 4.90 Å². The Morgan fingerprint density at radius 2 is 1.16 bits per heavy atom. The lowest BCUT2D eigenvalue weighted by molar-refractivity contribution is 0.623. The molecule has 0 fully saturated rings. The molecular weight excluding hydrogens is 601 g/mol. The summed E-state index contributed by atoms with van der Waals surface area (Å²) in [6.07, 6.45) is 0. The second kappa shape index (κ2) is 11.0. The molecule has 0 aliphatic carbocycles. The molecule has 0 radical (unpaired) electrons. The van der Waals surface area contributed by atoms with E-state index in [1.807, 2.05) is 91.0 Å². The first kappa shape index (κ1) is 22.8. The van der Waals surface area contributed by atoms with Crippen molar-refractivity contribution in [2.45, 2.75) is 0 Å². The molecule has 0 aliphatic rings. The summed E-state index contributed by atoms with van der Waals surface area (Å²) in [4.78, 5) is 7.01. The van der Waals surface area contributed by atoms with Crippen LogP contribution in [-0.4, -0.2) is 4.98 Å². The third kappa shape index (κ3) is 4.57. The molecule has 0 aliphatic heterocycles. The third-order valence-electron chi connectivity index (χ3n) is 9.15. The molecule has 0 amide bonds. The van der Waals surface area contributed by atoms with Crippen molar-refractivity contribution in [3.05, 3.63) is 170 Å². The molecule has 49 heavy (non-hydrogen) atoms. The first-order valence-corrected chi connectivity index (χ1v) is 16.0. The molecule has 10 rings (SSSR count). The summed E-state index contributed by atoms with van der Waals surface area (Å²) >= 11 is 0. The summed E-state index contributed by atoms with van der Waals surface area (Å²) < 4.78 is 54.3. The number of para-hydroxylation sites is 1. The van der Waals surface area contributed by atoms with Crippen molar-refractivity contribution in [1.29, 1.82) is 0 Å². The lowest BCUT2D eigenvalue weighted by atomic mass is 9.99. The predicted molar refractivity (Wildman–Crippen MR) is 202 cm³/mol. The molecule has 0 saturated heterocycles. The van der Waals surface area contributed by atoms with Crippen LogP contribution in [0.3, 0.4) is 0 Å². The Kier molecular flexibility index (Phi) is 5.10. The van der Waals surface area contributed by atoms with Crippen molar-refractivity contribution in [1.82, 2.24) is 4.98 Å². The Labute approximate surface area is 289 Å². The van der Waals surface area contributed by atoms with E-state index in [4.69, 9.17) is 20.7 Å². The Bertz CT molecular complexity index is 3090. The number of hydrogen-bond donors (Lipinski definition) is 0. The van der Waals surface area contributed by atoms with Crippen LogP contribution in [0, 0.1) is 0 Å². The van der Waals surface area contributed by atoms with Crippen LogP contribution in [0.5, 0.6) is 0 Å². The second-order valence-corrected chi connectivity index (χ2v) is 12.0. The van der Waals surface area contributed by atoms with Crippen molar-refractivity contribution in [2.24, 2.45) is 0 Å². The van der Waals surface area contributed by atoms with Crippen molar-refractivity contribution in [3.8, 4) is 22.6 Å². The number of benzene rings is 8. The summed E-state index contributed by atoms with van der Waals surface area (Å²) in [6, 6.07) is 44.5.